The molecular formula is C18H20F2N2O3. The summed E-state index contributed by atoms with van der Waals surface area (Å²) in [6.45, 7) is 0.455. The van der Waals surface area contributed by atoms with Crippen molar-refractivity contribution >= 4 is 11.6 Å². The van der Waals surface area contributed by atoms with Crippen LogP contribution in [0, 0.1) is 11.6 Å². The molecule has 2 aromatic carbocycles. The van der Waals surface area contributed by atoms with Crippen molar-refractivity contribution in [3.63, 3.8) is 0 Å². The fraction of sp³-hybridized carbons (Fsp3) is 0.278. The van der Waals surface area contributed by atoms with Gasteiger partial charge in [0.05, 0.1) is 26.5 Å². The molecule has 0 radical (unpaired) electrons. The van der Waals surface area contributed by atoms with E-state index in [0.29, 0.717) is 18.0 Å². The van der Waals surface area contributed by atoms with Gasteiger partial charge in [-0.2, -0.15) is 0 Å². The highest BCUT2D eigenvalue weighted by Crippen LogP contribution is 2.31. The second-order valence-electron chi connectivity index (χ2n) is 5.50. The zero-order valence-electron chi connectivity index (χ0n) is 14.3. The Morgan fingerprint density at radius 1 is 1.16 bits per heavy atom. The molecule has 134 valence electrons. The molecule has 0 atom stereocenters. The highest BCUT2D eigenvalue weighted by molar-refractivity contribution is 5.92. The van der Waals surface area contributed by atoms with E-state index >= 15 is 0 Å². The Kier molecular flexibility index (Phi) is 6.30. The molecule has 0 spiro atoms. The predicted octanol–water partition coefficient (Wildman–Crippen LogP) is 3.05. The summed E-state index contributed by atoms with van der Waals surface area (Å²) < 4.78 is 37.1. The molecule has 0 unspecified atom stereocenters. The summed E-state index contributed by atoms with van der Waals surface area (Å²) in [5.41, 5.74) is 0.795. The topological polar surface area (TPSA) is 50.8 Å². The highest BCUT2D eigenvalue weighted by atomic mass is 19.1. The van der Waals surface area contributed by atoms with Crippen LogP contribution in [0.4, 0.5) is 14.5 Å². The lowest BCUT2D eigenvalue weighted by Gasteiger charge is -2.19. The lowest BCUT2D eigenvalue weighted by molar-refractivity contribution is -0.117. The van der Waals surface area contributed by atoms with Gasteiger partial charge in [0.1, 0.15) is 11.6 Å². The minimum atomic E-state index is -0.814. The predicted molar refractivity (Wildman–Crippen MR) is 90.9 cm³/mol. The number of amides is 1. The van der Waals surface area contributed by atoms with Gasteiger partial charge in [0.15, 0.2) is 11.5 Å². The van der Waals surface area contributed by atoms with Crippen LogP contribution in [-0.2, 0) is 11.3 Å². The summed E-state index contributed by atoms with van der Waals surface area (Å²) in [5, 5.41) is 2.43. The second-order valence-corrected chi connectivity index (χ2v) is 5.50. The Hall–Kier alpha value is -2.67. The number of nitrogens with one attached hydrogen (secondary N) is 1. The molecule has 0 aromatic heterocycles. The van der Waals surface area contributed by atoms with Crippen LogP contribution in [0.3, 0.4) is 0 Å². The van der Waals surface area contributed by atoms with Gasteiger partial charge in [-0.3, -0.25) is 9.69 Å². The van der Waals surface area contributed by atoms with Gasteiger partial charge >= 0.3 is 0 Å². The molecule has 7 heteroatoms. The zero-order valence-corrected chi connectivity index (χ0v) is 14.3. The molecule has 0 fully saturated rings. The highest BCUT2D eigenvalue weighted by Gasteiger charge is 2.14. The van der Waals surface area contributed by atoms with Crippen molar-refractivity contribution < 1.29 is 23.0 Å². The third-order valence-electron chi connectivity index (χ3n) is 3.54. The molecule has 0 saturated carbocycles. The lowest BCUT2D eigenvalue weighted by atomic mass is 10.1. The molecular weight excluding hydrogens is 330 g/mol. The molecule has 1 amide bonds. The smallest absolute Gasteiger partial charge is 0.238 e. The van der Waals surface area contributed by atoms with Crippen LogP contribution in [0.15, 0.2) is 36.4 Å². The fourth-order valence-electron chi connectivity index (χ4n) is 2.45. The molecule has 0 bridgehead atoms. The van der Waals surface area contributed by atoms with Gasteiger partial charge < -0.3 is 14.8 Å². The molecule has 1 N–H and O–H groups in total. The van der Waals surface area contributed by atoms with E-state index in [9.17, 15) is 13.6 Å². The monoisotopic (exact) mass is 350 g/mol. The number of halogens is 2. The van der Waals surface area contributed by atoms with Gasteiger partial charge in [-0.1, -0.05) is 12.1 Å². The zero-order chi connectivity index (χ0) is 18.4. The number of carbonyl (C=O) groups is 1. The van der Waals surface area contributed by atoms with Crippen LogP contribution in [0.25, 0.3) is 0 Å². The molecule has 0 saturated heterocycles. The third-order valence-corrected chi connectivity index (χ3v) is 3.54. The van der Waals surface area contributed by atoms with Crippen molar-refractivity contribution in [3.05, 3.63) is 53.6 Å². The maximum Gasteiger partial charge on any atom is 0.238 e. The van der Waals surface area contributed by atoms with E-state index in [2.05, 4.69) is 5.32 Å². The molecule has 2 rings (SSSR count). The number of likely N-dealkylation sites (N-methyl/N-ethyl adjacent to an activating group) is 1. The van der Waals surface area contributed by atoms with E-state index in [-0.39, 0.29) is 12.2 Å². The van der Waals surface area contributed by atoms with Gasteiger partial charge in [0.25, 0.3) is 0 Å². The lowest BCUT2D eigenvalue weighted by Crippen LogP contribution is -2.30. The van der Waals surface area contributed by atoms with Crippen molar-refractivity contribution in [2.75, 3.05) is 33.1 Å². The number of benzene rings is 2. The first kappa shape index (κ1) is 18.7. The first-order chi connectivity index (χ1) is 11.9. The SMILES string of the molecule is COc1cccc(CN(C)CC(=O)Nc2ccc(F)cc2F)c1OC. The number of nitrogens with zero attached hydrogens (tertiary/aromatic N) is 1. The molecule has 0 aliphatic carbocycles. The van der Waals surface area contributed by atoms with Gasteiger partial charge in [-0.05, 0) is 25.2 Å². The molecule has 5 nitrogen and oxygen atoms in total. The normalized spacial score (nSPS) is 10.6. The number of methoxy groups -OCH3 is 2. The van der Waals surface area contributed by atoms with Crippen molar-refractivity contribution in [2.45, 2.75) is 6.54 Å². The summed E-state index contributed by atoms with van der Waals surface area (Å²) >= 11 is 0. The Balaban J connectivity index is 2.00. The van der Waals surface area contributed by atoms with Crippen LogP contribution in [0.5, 0.6) is 11.5 Å². The Bertz CT molecular complexity index is 753. The Labute approximate surface area is 145 Å². The van der Waals surface area contributed by atoms with Crippen LogP contribution < -0.4 is 14.8 Å². The summed E-state index contributed by atoms with van der Waals surface area (Å²) in [4.78, 5) is 13.8. The van der Waals surface area contributed by atoms with Crippen molar-refractivity contribution in [3.8, 4) is 11.5 Å². The van der Waals surface area contributed by atoms with E-state index in [1.54, 1.807) is 32.2 Å². The van der Waals surface area contributed by atoms with Crippen molar-refractivity contribution in [1.82, 2.24) is 4.90 Å². The minimum Gasteiger partial charge on any atom is -0.493 e. The van der Waals surface area contributed by atoms with E-state index in [1.165, 1.54) is 6.07 Å². The summed E-state index contributed by atoms with van der Waals surface area (Å²) in [6, 6.07) is 8.48. The largest absolute Gasteiger partial charge is 0.493 e. The number of para-hydroxylation sites is 1. The number of ether oxygens (including phenoxy) is 2. The van der Waals surface area contributed by atoms with Crippen LogP contribution in [-0.4, -0.2) is 38.6 Å². The average Bonchev–Trinajstić information content (AvgIpc) is 2.57. The first-order valence-corrected chi connectivity index (χ1v) is 7.58. The average molecular weight is 350 g/mol. The van der Waals surface area contributed by atoms with Gasteiger partial charge in [-0.25, -0.2) is 8.78 Å². The maximum absolute atomic E-state index is 13.6. The van der Waals surface area contributed by atoms with Gasteiger partial charge in [0.2, 0.25) is 5.91 Å². The van der Waals surface area contributed by atoms with Gasteiger partial charge in [-0.15, -0.1) is 0 Å². The van der Waals surface area contributed by atoms with Gasteiger partial charge in [0, 0.05) is 18.2 Å². The van der Waals surface area contributed by atoms with Crippen LogP contribution in [0.2, 0.25) is 0 Å². The molecule has 0 aliphatic rings. The second kappa shape index (κ2) is 8.43. The maximum atomic E-state index is 13.6. The van der Waals surface area contributed by atoms with E-state index in [0.717, 1.165) is 17.7 Å². The van der Waals surface area contributed by atoms with E-state index in [1.807, 2.05) is 12.1 Å². The molecule has 25 heavy (non-hydrogen) atoms. The quantitative estimate of drug-likeness (QED) is 0.834. The third kappa shape index (κ3) is 4.90. The molecule has 0 aliphatic heterocycles. The minimum absolute atomic E-state index is 0.0250. The van der Waals surface area contributed by atoms with Crippen molar-refractivity contribution in [1.29, 1.82) is 0 Å². The summed E-state index contributed by atoms with van der Waals surface area (Å²) in [6.07, 6.45) is 0. The summed E-state index contributed by atoms with van der Waals surface area (Å²) in [7, 11) is 4.85. The van der Waals surface area contributed by atoms with E-state index < -0.39 is 17.5 Å². The number of carbonyl (C=O) groups excluding carboxylic acids is 1. The van der Waals surface area contributed by atoms with E-state index in [4.69, 9.17) is 9.47 Å². The van der Waals surface area contributed by atoms with Crippen LogP contribution >= 0.6 is 0 Å². The Morgan fingerprint density at radius 2 is 1.92 bits per heavy atom. The Morgan fingerprint density at radius 3 is 2.56 bits per heavy atom. The molecule has 2 aromatic rings. The number of hydrogen-bond acceptors (Lipinski definition) is 4. The standard InChI is InChI=1S/C18H20F2N2O3/c1-22(10-12-5-4-6-16(24-2)18(12)25-3)11-17(23)21-15-8-7-13(19)9-14(15)20/h4-9H,10-11H2,1-3H3,(H,21,23). The number of rotatable bonds is 7. The fourth-order valence-corrected chi connectivity index (χ4v) is 2.45. The van der Waals surface area contributed by atoms with Crippen molar-refractivity contribution in [2.24, 2.45) is 0 Å². The van der Waals surface area contributed by atoms with Crippen LogP contribution in [0.1, 0.15) is 5.56 Å². The number of anilines is 1. The first-order valence-electron chi connectivity index (χ1n) is 7.58. The molecule has 0 heterocycles. The summed E-state index contributed by atoms with van der Waals surface area (Å²) in [5.74, 6) is -0.717. The number of hydrogen-bond donors (Lipinski definition) is 1.